The lowest BCUT2D eigenvalue weighted by molar-refractivity contribution is -0.123. The molecule has 0 saturated heterocycles. The van der Waals surface area contributed by atoms with Crippen LogP contribution in [0.25, 0.3) is 0 Å². The second-order valence-corrected chi connectivity index (χ2v) is 8.79. The standard InChI is InChI=1S/C24H31N3O2S/c1-17(19-13-12-18-8-4-5-9-20(18)14-19)25-23(28)15-27(2)16-24(29)26-21-10-6-7-11-22(21)30-3/h6-7,10-14,17H,4-5,8-9,15-16H2,1-3H3,(H,25,28)(H,26,29)/t17-/m0/s1. The highest BCUT2D eigenvalue weighted by Crippen LogP contribution is 2.25. The predicted molar refractivity (Wildman–Crippen MR) is 124 cm³/mol. The third-order valence-corrected chi connectivity index (χ3v) is 6.25. The lowest BCUT2D eigenvalue weighted by atomic mass is 9.89. The van der Waals surface area contributed by atoms with E-state index in [9.17, 15) is 9.59 Å². The van der Waals surface area contributed by atoms with Gasteiger partial charge in [-0.3, -0.25) is 14.5 Å². The van der Waals surface area contributed by atoms with Gasteiger partial charge in [-0.1, -0.05) is 30.3 Å². The van der Waals surface area contributed by atoms with E-state index in [4.69, 9.17) is 0 Å². The molecule has 2 aromatic rings. The van der Waals surface area contributed by atoms with Crippen molar-refractivity contribution < 1.29 is 9.59 Å². The molecule has 160 valence electrons. The third-order valence-electron chi connectivity index (χ3n) is 5.46. The van der Waals surface area contributed by atoms with Crippen LogP contribution in [0, 0.1) is 0 Å². The van der Waals surface area contributed by atoms with Crippen molar-refractivity contribution in [1.29, 1.82) is 0 Å². The van der Waals surface area contributed by atoms with Gasteiger partial charge in [0, 0.05) is 4.90 Å². The van der Waals surface area contributed by atoms with E-state index in [0.29, 0.717) is 0 Å². The third kappa shape index (κ3) is 6.09. The molecule has 6 heteroatoms. The molecule has 0 saturated carbocycles. The molecule has 0 radical (unpaired) electrons. The second-order valence-electron chi connectivity index (χ2n) is 7.95. The molecule has 3 rings (SSSR count). The van der Waals surface area contributed by atoms with Gasteiger partial charge in [0.05, 0.1) is 24.8 Å². The van der Waals surface area contributed by atoms with Crippen LogP contribution in [0.5, 0.6) is 0 Å². The Balaban J connectivity index is 1.48. The minimum Gasteiger partial charge on any atom is -0.348 e. The summed E-state index contributed by atoms with van der Waals surface area (Å²) in [7, 11) is 1.78. The summed E-state index contributed by atoms with van der Waals surface area (Å²) in [6.45, 7) is 2.34. The van der Waals surface area contributed by atoms with Crippen molar-refractivity contribution in [1.82, 2.24) is 10.2 Å². The summed E-state index contributed by atoms with van der Waals surface area (Å²) in [6.07, 6.45) is 6.77. The van der Waals surface area contributed by atoms with E-state index in [-0.39, 0.29) is 30.9 Å². The van der Waals surface area contributed by atoms with Crippen molar-refractivity contribution in [2.45, 2.75) is 43.5 Å². The maximum atomic E-state index is 12.5. The number of likely N-dealkylation sites (N-methyl/N-ethyl adjacent to an activating group) is 1. The Hall–Kier alpha value is -2.31. The van der Waals surface area contributed by atoms with E-state index >= 15 is 0 Å². The highest BCUT2D eigenvalue weighted by atomic mass is 32.2. The van der Waals surface area contributed by atoms with Crippen LogP contribution in [-0.2, 0) is 22.4 Å². The van der Waals surface area contributed by atoms with Crippen molar-refractivity contribution in [2.24, 2.45) is 0 Å². The first kappa shape index (κ1) is 22.4. The molecule has 1 aliphatic carbocycles. The monoisotopic (exact) mass is 425 g/mol. The quantitative estimate of drug-likeness (QED) is 0.627. The second kappa shape index (κ2) is 10.6. The molecule has 1 aliphatic rings. The number of amides is 2. The highest BCUT2D eigenvalue weighted by Gasteiger charge is 2.16. The number of fused-ring (bicyclic) bond motifs is 1. The normalized spacial score (nSPS) is 14.1. The van der Waals surface area contributed by atoms with Crippen molar-refractivity contribution in [2.75, 3.05) is 31.7 Å². The van der Waals surface area contributed by atoms with E-state index in [1.54, 1.807) is 23.7 Å². The number of rotatable bonds is 8. The lowest BCUT2D eigenvalue weighted by Crippen LogP contribution is -2.39. The van der Waals surface area contributed by atoms with Crippen LogP contribution in [0.4, 0.5) is 5.69 Å². The number of nitrogens with one attached hydrogen (secondary N) is 2. The summed E-state index contributed by atoms with van der Waals surface area (Å²) in [5.74, 6) is -0.213. The first-order chi connectivity index (χ1) is 14.5. The predicted octanol–water partition coefficient (Wildman–Crippen LogP) is 4.04. The molecule has 0 unspecified atom stereocenters. The van der Waals surface area contributed by atoms with Crippen LogP contribution in [0.1, 0.15) is 42.5 Å². The zero-order valence-corrected chi connectivity index (χ0v) is 18.8. The first-order valence-corrected chi connectivity index (χ1v) is 11.7. The smallest absolute Gasteiger partial charge is 0.238 e. The average Bonchev–Trinajstić information content (AvgIpc) is 2.73. The molecule has 2 N–H and O–H groups in total. The van der Waals surface area contributed by atoms with Crippen molar-refractivity contribution in [3.63, 3.8) is 0 Å². The van der Waals surface area contributed by atoms with Crippen LogP contribution >= 0.6 is 11.8 Å². The molecule has 0 fully saturated rings. The molecule has 0 bridgehead atoms. The Labute approximate surface area is 183 Å². The average molecular weight is 426 g/mol. The van der Waals surface area contributed by atoms with E-state index in [0.717, 1.165) is 29.0 Å². The van der Waals surface area contributed by atoms with Crippen LogP contribution < -0.4 is 10.6 Å². The zero-order chi connectivity index (χ0) is 21.5. The number of anilines is 1. The van der Waals surface area contributed by atoms with Gasteiger partial charge in [0.2, 0.25) is 11.8 Å². The van der Waals surface area contributed by atoms with Gasteiger partial charge in [-0.25, -0.2) is 0 Å². The number of hydrogen-bond donors (Lipinski definition) is 2. The Morgan fingerprint density at radius 1 is 1.03 bits per heavy atom. The number of para-hydroxylation sites is 1. The largest absolute Gasteiger partial charge is 0.348 e. The zero-order valence-electron chi connectivity index (χ0n) is 18.0. The summed E-state index contributed by atoms with van der Waals surface area (Å²) in [5.41, 5.74) is 4.79. The number of carbonyl (C=O) groups is 2. The minimum absolute atomic E-state index is 0.0552. The Bertz CT molecular complexity index is 900. The van der Waals surface area contributed by atoms with Gasteiger partial charge < -0.3 is 10.6 Å². The lowest BCUT2D eigenvalue weighted by Gasteiger charge is -2.21. The van der Waals surface area contributed by atoms with Gasteiger partial charge in [-0.15, -0.1) is 11.8 Å². The van der Waals surface area contributed by atoms with Gasteiger partial charge >= 0.3 is 0 Å². The molecule has 0 spiro atoms. The molecule has 5 nitrogen and oxygen atoms in total. The van der Waals surface area contributed by atoms with Crippen molar-refractivity contribution in [3.8, 4) is 0 Å². The molecule has 0 aromatic heterocycles. The SMILES string of the molecule is CSc1ccccc1NC(=O)CN(C)CC(=O)N[C@@H](C)c1ccc2c(c1)CCCC2. The topological polar surface area (TPSA) is 61.4 Å². The van der Waals surface area contributed by atoms with Crippen LogP contribution in [0.15, 0.2) is 47.4 Å². The number of benzene rings is 2. The summed E-state index contributed by atoms with van der Waals surface area (Å²) >= 11 is 1.59. The minimum atomic E-state index is -0.130. The van der Waals surface area contributed by atoms with Crippen LogP contribution in [0.3, 0.4) is 0 Å². The number of aryl methyl sites for hydroxylation is 2. The Morgan fingerprint density at radius 3 is 2.50 bits per heavy atom. The number of nitrogens with zero attached hydrogens (tertiary/aromatic N) is 1. The maximum Gasteiger partial charge on any atom is 0.238 e. The van der Waals surface area contributed by atoms with Crippen molar-refractivity contribution in [3.05, 3.63) is 59.2 Å². The summed E-state index contributed by atoms with van der Waals surface area (Å²) in [6, 6.07) is 14.2. The fraction of sp³-hybridized carbons (Fsp3) is 0.417. The highest BCUT2D eigenvalue weighted by molar-refractivity contribution is 7.98. The molecular formula is C24H31N3O2S. The maximum absolute atomic E-state index is 12.5. The number of hydrogen-bond acceptors (Lipinski definition) is 4. The van der Waals surface area contributed by atoms with E-state index in [2.05, 4.69) is 28.8 Å². The summed E-state index contributed by atoms with van der Waals surface area (Å²) < 4.78 is 0. The molecule has 2 aromatic carbocycles. The first-order valence-electron chi connectivity index (χ1n) is 10.5. The molecule has 0 heterocycles. The Morgan fingerprint density at radius 2 is 1.73 bits per heavy atom. The van der Waals surface area contributed by atoms with Gasteiger partial charge in [0.25, 0.3) is 0 Å². The Kier molecular flexibility index (Phi) is 7.94. The van der Waals surface area contributed by atoms with E-state index in [1.807, 2.05) is 37.4 Å². The van der Waals surface area contributed by atoms with E-state index < -0.39 is 0 Å². The molecule has 2 amide bonds. The number of thioether (sulfide) groups is 1. The molecule has 30 heavy (non-hydrogen) atoms. The van der Waals surface area contributed by atoms with Gasteiger partial charge in [0.15, 0.2) is 0 Å². The summed E-state index contributed by atoms with van der Waals surface area (Å²) in [4.78, 5) is 27.6. The fourth-order valence-electron chi connectivity index (χ4n) is 3.88. The van der Waals surface area contributed by atoms with Gasteiger partial charge in [-0.2, -0.15) is 0 Å². The number of carbonyl (C=O) groups excluding carboxylic acids is 2. The molecule has 1 atom stereocenters. The molecule has 0 aliphatic heterocycles. The fourth-order valence-corrected chi connectivity index (χ4v) is 4.43. The molecular weight excluding hydrogens is 394 g/mol. The van der Waals surface area contributed by atoms with Crippen molar-refractivity contribution >= 4 is 29.3 Å². The van der Waals surface area contributed by atoms with Gasteiger partial charge in [0.1, 0.15) is 0 Å². The van der Waals surface area contributed by atoms with Crippen LogP contribution in [-0.4, -0.2) is 43.1 Å². The van der Waals surface area contributed by atoms with Gasteiger partial charge in [-0.05, 0) is 74.7 Å². The van der Waals surface area contributed by atoms with Crippen LogP contribution in [0.2, 0.25) is 0 Å². The van der Waals surface area contributed by atoms with E-state index in [1.165, 1.54) is 24.0 Å². The summed E-state index contributed by atoms with van der Waals surface area (Å²) in [5, 5.41) is 5.99.